The fraction of sp³-hybridized carbons (Fsp3) is 0.632. The van der Waals surface area contributed by atoms with E-state index in [1.807, 2.05) is 12.1 Å². The van der Waals surface area contributed by atoms with E-state index in [0.29, 0.717) is 18.5 Å². The molecular weight excluding hydrogens is 352 g/mol. The molecule has 1 aliphatic heterocycles. The maximum atomic E-state index is 12.9. The van der Waals surface area contributed by atoms with Crippen molar-refractivity contribution in [2.45, 2.75) is 64.0 Å². The summed E-state index contributed by atoms with van der Waals surface area (Å²) in [5.74, 6) is 0.283. The number of nitrogens with zero attached hydrogens (tertiary/aromatic N) is 2. The highest BCUT2D eigenvalue weighted by Gasteiger charge is 2.39. The molecule has 1 aromatic rings. The molecule has 2 aliphatic rings. The van der Waals surface area contributed by atoms with Gasteiger partial charge in [-0.1, -0.05) is 22.9 Å². The third kappa shape index (κ3) is 3.80. The van der Waals surface area contributed by atoms with Crippen LogP contribution in [0.25, 0.3) is 0 Å². The SMILES string of the molecule is CCCC(=O)N(c1ccc(Br)cc1)C1CCCC1N1CCCC1. The number of anilines is 1. The van der Waals surface area contributed by atoms with E-state index in [9.17, 15) is 4.79 Å². The third-order valence-corrected chi connectivity index (χ3v) is 5.75. The van der Waals surface area contributed by atoms with Gasteiger partial charge in [0.2, 0.25) is 5.91 Å². The van der Waals surface area contributed by atoms with Crippen molar-refractivity contribution in [3.63, 3.8) is 0 Å². The number of carbonyl (C=O) groups excluding carboxylic acids is 1. The smallest absolute Gasteiger partial charge is 0.227 e. The van der Waals surface area contributed by atoms with Gasteiger partial charge in [-0.25, -0.2) is 0 Å². The number of rotatable bonds is 5. The highest BCUT2D eigenvalue weighted by Crippen LogP contribution is 2.34. The first-order chi connectivity index (χ1) is 11.2. The summed E-state index contributed by atoms with van der Waals surface area (Å²) in [7, 11) is 0. The highest BCUT2D eigenvalue weighted by atomic mass is 79.9. The second kappa shape index (κ2) is 7.80. The van der Waals surface area contributed by atoms with E-state index in [-0.39, 0.29) is 5.91 Å². The van der Waals surface area contributed by atoms with Crippen molar-refractivity contribution in [3.8, 4) is 0 Å². The molecule has 1 aromatic carbocycles. The van der Waals surface area contributed by atoms with Gasteiger partial charge in [0, 0.05) is 22.6 Å². The molecule has 2 unspecified atom stereocenters. The summed E-state index contributed by atoms with van der Waals surface area (Å²) in [6.45, 7) is 4.50. The van der Waals surface area contributed by atoms with Gasteiger partial charge in [0.15, 0.2) is 0 Å². The van der Waals surface area contributed by atoms with E-state index in [0.717, 1.165) is 23.0 Å². The van der Waals surface area contributed by atoms with Gasteiger partial charge in [-0.3, -0.25) is 9.69 Å². The molecule has 126 valence electrons. The fourth-order valence-corrected chi connectivity index (χ4v) is 4.44. The Morgan fingerprint density at radius 3 is 2.52 bits per heavy atom. The second-order valence-electron chi connectivity index (χ2n) is 6.80. The van der Waals surface area contributed by atoms with Gasteiger partial charge < -0.3 is 4.90 Å². The zero-order valence-electron chi connectivity index (χ0n) is 14.0. The molecule has 1 amide bonds. The molecule has 0 bridgehead atoms. The minimum atomic E-state index is 0.283. The van der Waals surface area contributed by atoms with Crippen molar-refractivity contribution in [3.05, 3.63) is 28.7 Å². The van der Waals surface area contributed by atoms with Crippen molar-refractivity contribution in [2.75, 3.05) is 18.0 Å². The van der Waals surface area contributed by atoms with Crippen LogP contribution >= 0.6 is 15.9 Å². The van der Waals surface area contributed by atoms with E-state index < -0.39 is 0 Å². The largest absolute Gasteiger partial charge is 0.308 e. The van der Waals surface area contributed by atoms with Crippen LogP contribution in [0.5, 0.6) is 0 Å². The van der Waals surface area contributed by atoms with Crippen molar-refractivity contribution in [1.29, 1.82) is 0 Å². The summed E-state index contributed by atoms with van der Waals surface area (Å²) in [6, 6.07) is 9.13. The van der Waals surface area contributed by atoms with Crippen LogP contribution in [0.4, 0.5) is 5.69 Å². The molecule has 1 saturated carbocycles. The Labute approximate surface area is 148 Å². The van der Waals surface area contributed by atoms with Crippen molar-refractivity contribution < 1.29 is 4.79 Å². The maximum absolute atomic E-state index is 12.9. The van der Waals surface area contributed by atoms with Gasteiger partial charge in [-0.2, -0.15) is 0 Å². The molecule has 0 N–H and O–H groups in total. The minimum absolute atomic E-state index is 0.283. The molecule has 0 spiro atoms. The standard InChI is InChI=1S/C19H27BrN2O/c1-2-6-19(23)22(16-11-9-15(20)10-12-16)18-8-5-7-17(18)21-13-3-4-14-21/h9-12,17-18H,2-8,13-14H2,1H3. The van der Waals surface area contributed by atoms with Crippen LogP contribution in [0, 0.1) is 0 Å². The van der Waals surface area contributed by atoms with E-state index in [2.05, 4.69) is 44.8 Å². The summed E-state index contributed by atoms with van der Waals surface area (Å²) in [4.78, 5) is 17.6. The maximum Gasteiger partial charge on any atom is 0.227 e. The Morgan fingerprint density at radius 2 is 1.87 bits per heavy atom. The van der Waals surface area contributed by atoms with E-state index in [1.165, 1.54) is 38.8 Å². The van der Waals surface area contributed by atoms with Crippen LogP contribution in [0.15, 0.2) is 28.7 Å². The lowest BCUT2D eigenvalue weighted by atomic mass is 10.1. The number of hydrogen-bond donors (Lipinski definition) is 0. The van der Waals surface area contributed by atoms with Crippen molar-refractivity contribution >= 4 is 27.5 Å². The van der Waals surface area contributed by atoms with Gasteiger partial charge in [0.1, 0.15) is 0 Å². The predicted molar refractivity (Wildman–Crippen MR) is 98.8 cm³/mol. The Balaban J connectivity index is 1.87. The lowest BCUT2D eigenvalue weighted by molar-refractivity contribution is -0.119. The first-order valence-corrected chi connectivity index (χ1v) is 9.81. The van der Waals surface area contributed by atoms with E-state index >= 15 is 0 Å². The quantitative estimate of drug-likeness (QED) is 0.747. The molecule has 1 aliphatic carbocycles. The fourth-order valence-electron chi connectivity index (χ4n) is 4.18. The average Bonchev–Trinajstić information content (AvgIpc) is 3.20. The summed E-state index contributed by atoms with van der Waals surface area (Å²) < 4.78 is 1.06. The van der Waals surface area contributed by atoms with Crippen LogP contribution in [-0.2, 0) is 4.79 Å². The minimum Gasteiger partial charge on any atom is -0.308 e. The lowest BCUT2D eigenvalue weighted by Crippen LogP contribution is -2.50. The molecule has 1 saturated heterocycles. The molecule has 0 aromatic heterocycles. The van der Waals surface area contributed by atoms with Crippen LogP contribution in [0.2, 0.25) is 0 Å². The van der Waals surface area contributed by atoms with Gasteiger partial charge in [-0.15, -0.1) is 0 Å². The monoisotopic (exact) mass is 378 g/mol. The lowest BCUT2D eigenvalue weighted by Gasteiger charge is -2.37. The molecule has 3 rings (SSSR count). The second-order valence-corrected chi connectivity index (χ2v) is 7.71. The molecule has 1 heterocycles. The Kier molecular flexibility index (Phi) is 5.76. The van der Waals surface area contributed by atoms with Gasteiger partial charge >= 0.3 is 0 Å². The van der Waals surface area contributed by atoms with E-state index in [1.54, 1.807) is 0 Å². The van der Waals surface area contributed by atoms with Crippen molar-refractivity contribution in [1.82, 2.24) is 4.90 Å². The first-order valence-electron chi connectivity index (χ1n) is 9.02. The van der Waals surface area contributed by atoms with Crippen LogP contribution < -0.4 is 4.90 Å². The summed E-state index contributed by atoms with van der Waals surface area (Å²) in [5.41, 5.74) is 1.06. The zero-order valence-corrected chi connectivity index (χ0v) is 15.6. The van der Waals surface area contributed by atoms with Crippen molar-refractivity contribution in [2.24, 2.45) is 0 Å². The molecule has 0 radical (unpaired) electrons. The van der Waals surface area contributed by atoms with E-state index in [4.69, 9.17) is 0 Å². The molecule has 4 heteroatoms. The summed E-state index contributed by atoms with van der Waals surface area (Å²) in [6.07, 6.45) is 7.77. The number of halogens is 1. The number of carbonyl (C=O) groups is 1. The Morgan fingerprint density at radius 1 is 1.17 bits per heavy atom. The van der Waals surface area contributed by atoms with Crippen LogP contribution in [0.3, 0.4) is 0 Å². The van der Waals surface area contributed by atoms with Gasteiger partial charge in [0.05, 0.1) is 6.04 Å². The topological polar surface area (TPSA) is 23.6 Å². The number of benzene rings is 1. The summed E-state index contributed by atoms with van der Waals surface area (Å²) >= 11 is 3.50. The molecule has 23 heavy (non-hydrogen) atoms. The van der Waals surface area contributed by atoms with Crippen LogP contribution in [-0.4, -0.2) is 36.0 Å². The molecular formula is C19H27BrN2O. The van der Waals surface area contributed by atoms with Gasteiger partial charge in [-0.05, 0) is 75.9 Å². The number of likely N-dealkylation sites (tertiary alicyclic amines) is 1. The number of hydrogen-bond acceptors (Lipinski definition) is 2. The van der Waals surface area contributed by atoms with Crippen LogP contribution in [0.1, 0.15) is 51.9 Å². The normalized spacial score (nSPS) is 25.0. The highest BCUT2D eigenvalue weighted by molar-refractivity contribution is 9.10. The Hall–Kier alpha value is -0.870. The number of amides is 1. The molecule has 2 fully saturated rings. The molecule has 3 nitrogen and oxygen atoms in total. The molecule has 2 atom stereocenters. The third-order valence-electron chi connectivity index (χ3n) is 5.22. The zero-order chi connectivity index (χ0) is 16.2. The Bertz CT molecular complexity index is 525. The van der Waals surface area contributed by atoms with Gasteiger partial charge in [0.25, 0.3) is 0 Å². The predicted octanol–water partition coefficient (Wildman–Crippen LogP) is 4.60. The summed E-state index contributed by atoms with van der Waals surface area (Å²) in [5, 5.41) is 0. The average molecular weight is 379 g/mol. The first kappa shape index (κ1) is 17.0.